The third kappa shape index (κ3) is 3.74. The Bertz CT molecular complexity index is 807. The van der Waals surface area contributed by atoms with Gasteiger partial charge in [0.2, 0.25) is 5.78 Å². The van der Waals surface area contributed by atoms with Crippen LogP contribution in [0.15, 0.2) is 24.3 Å². The number of carbonyl (C=O) groups is 2. The number of para-hydroxylation sites is 2. The number of hydrogen-bond donors (Lipinski definition) is 0. The fourth-order valence-corrected chi connectivity index (χ4v) is 3.12. The topological polar surface area (TPSA) is 66.8 Å². The van der Waals surface area contributed by atoms with Gasteiger partial charge in [-0.1, -0.05) is 12.1 Å². The maximum atomic E-state index is 12.8. The minimum Gasteiger partial charge on any atom is -0.493 e. The summed E-state index contributed by atoms with van der Waals surface area (Å²) in [5.74, 6) is 0.453. The molecule has 0 bridgehead atoms. The minimum atomic E-state index is -0.417. The van der Waals surface area contributed by atoms with Gasteiger partial charge in [0.05, 0.1) is 13.7 Å². The first-order chi connectivity index (χ1) is 12.5. The summed E-state index contributed by atoms with van der Waals surface area (Å²) in [6.07, 6.45) is 0. The number of ether oxygens (including phenoxy) is 3. The van der Waals surface area contributed by atoms with Crippen molar-refractivity contribution in [3.8, 4) is 11.5 Å². The average molecular weight is 359 g/mol. The van der Waals surface area contributed by atoms with Crippen LogP contribution in [0.25, 0.3) is 0 Å². The normalized spacial score (nSPS) is 10.5. The van der Waals surface area contributed by atoms with Gasteiger partial charge in [-0.3, -0.25) is 4.79 Å². The summed E-state index contributed by atoms with van der Waals surface area (Å²) in [6.45, 7) is 7.99. The molecule has 0 fully saturated rings. The van der Waals surface area contributed by atoms with Crippen molar-refractivity contribution in [2.75, 3.05) is 20.3 Å². The zero-order valence-electron chi connectivity index (χ0n) is 15.9. The summed E-state index contributed by atoms with van der Waals surface area (Å²) in [6, 6.07) is 7.15. The lowest BCUT2D eigenvalue weighted by atomic mass is 10.1. The SMILES string of the molecule is CCOC(=O)c1c(C)c(C(=O)COc2ccccc2OC)c(C)n1CC. The number of Topliss-reactive ketones (excluding diaryl/α,β-unsaturated/α-hetero) is 1. The van der Waals surface area contributed by atoms with Crippen LogP contribution in [-0.2, 0) is 11.3 Å². The summed E-state index contributed by atoms with van der Waals surface area (Å²) < 4.78 is 17.8. The summed E-state index contributed by atoms with van der Waals surface area (Å²) in [4.78, 5) is 25.1. The van der Waals surface area contributed by atoms with Crippen LogP contribution >= 0.6 is 0 Å². The van der Waals surface area contributed by atoms with E-state index in [4.69, 9.17) is 14.2 Å². The second-order valence-electron chi connectivity index (χ2n) is 5.76. The van der Waals surface area contributed by atoms with Crippen molar-refractivity contribution >= 4 is 11.8 Å². The van der Waals surface area contributed by atoms with E-state index in [1.54, 1.807) is 33.1 Å². The van der Waals surface area contributed by atoms with Crippen LogP contribution in [0.2, 0.25) is 0 Å². The Morgan fingerprint density at radius 2 is 1.73 bits per heavy atom. The number of carbonyl (C=O) groups excluding carboxylic acids is 2. The van der Waals surface area contributed by atoms with Crippen LogP contribution in [0.5, 0.6) is 11.5 Å². The van der Waals surface area contributed by atoms with E-state index in [2.05, 4.69) is 0 Å². The highest BCUT2D eigenvalue weighted by molar-refractivity contribution is 6.03. The lowest BCUT2D eigenvalue weighted by molar-refractivity contribution is 0.0512. The molecule has 140 valence electrons. The molecule has 1 aromatic carbocycles. The van der Waals surface area contributed by atoms with Gasteiger partial charge in [-0.25, -0.2) is 4.79 Å². The van der Waals surface area contributed by atoms with Gasteiger partial charge in [-0.05, 0) is 45.4 Å². The van der Waals surface area contributed by atoms with Gasteiger partial charge in [0, 0.05) is 17.8 Å². The molecule has 0 unspecified atom stereocenters. The van der Waals surface area contributed by atoms with Gasteiger partial charge in [0.25, 0.3) is 0 Å². The summed E-state index contributed by atoms with van der Waals surface area (Å²) >= 11 is 0. The molecule has 2 rings (SSSR count). The van der Waals surface area contributed by atoms with Crippen LogP contribution in [0.1, 0.15) is 46.0 Å². The Labute approximate surface area is 153 Å². The number of rotatable bonds is 8. The number of nitrogens with zero attached hydrogens (tertiary/aromatic N) is 1. The molecule has 6 heteroatoms. The number of benzene rings is 1. The van der Waals surface area contributed by atoms with Crippen molar-refractivity contribution < 1.29 is 23.8 Å². The van der Waals surface area contributed by atoms with E-state index in [9.17, 15) is 9.59 Å². The molecule has 0 aliphatic rings. The van der Waals surface area contributed by atoms with E-state index in [0.717, 1.165) is 5.69 Å². The van der Waals surface area contributed by atoms with Gasteiger partial charge in [0.1, 0.15) is 5.69 Å². The van der Waals surface area contributed by atoms with E-state index < -0.39 is 5.97 Å². The molecule has 0 N–H and O–H groups in total. The maximum Gasteiger partial charge on any atom is 0.355 e. The van der Waals surface area contributed by atoms with Crippen LogP contribution < -0.4 is 9.47 Å². The monoisotopic (exact) mass is 359 g/mol. The van der Waals surface area contributed by atoms with Gasteiger partial charge < -0.3 is 18.8 Å². The van der Waals surface area contributed by atoms with E-state index >= 15 is 0 Å². The lowest BCUT2D eigenvalue weighted by Gasteiger charge is -2.10. The van der Waals surface area contributed by atoms with E-state index in [1.165, 1.54) is 0 Å². The highest BCUT2D eigenvalue weighted by Crippen LogP contribution is 2.27. The second kappa shape index (κ2) is 8.56. The van der Waals surface area contributed by atoms with Crippen LogP contribution in [0.4, 0.5) is 0 Å². The molecule has 0 amide bonds. The molecule has 0 aliphatic carbocycles. The zero-order valence-corrected chi connectivity index (χ0v) is 15.9. The predicted octanol–water partition coefficient (Wildman–Crippen LogP) is 3.57. The first kappa shape index (κ1) is 19.6. The van der Waals surface area contributed by atoms with Crippen molar-refractivity contribution in [2.24, 2.45) is 0 Å². The summed E-state index contributed by atoms with van der Waals surface area (Å²) in [7, 11) is 1.55. The molecule has 0 aliphatic heterocycles. The van der Waals surface area contributed by atoms with E-state index in [0.29, 0.717) is 34.9 Å². The largest absolute Gasteiger partial charge is 0.493 e. The molecule has 2 aromatic rings. The Hall–Kier alpha value is -2.76. The highest BCUT2D eigenvalue weighted by Gasteiger charge is 2.26. The Morgan fingerprint density at radius 1 is 1.08 bits per heavy atom. The minimum absolute atomic E-state index is 0.141. The van der Waals surface area contributed by atoms with Crippen LogP contribution in [0, 0.1) is 13.8 Å². The predicted molar refractivity (Wildman–Crippen MR) is 98.4 cm³/mol. The van der Waals surface area contributed by atoms with E-state index in [-0.39, 0.29) is 19.0 Å². The van der Waals surface area contributed by atoms with E-state index in [1.807, 2.05) is 30.5 Å². The first-order valence-electron chi connectivity index (χ1n) is 8.61. The Balaban J connectivity index is 2.30. The number of hydrogen-bond acceptors (Lipinski definition) is 5. The molecule has 0 radical (unpaired) electrons. The number of esters is 1. The second-order valence-corrected chi connectivity index (χ2v) is 5.76. The number of methoxy groups -OCH3 is 1. The molecule has 26 heavy (non-hydrogen) atoms. The molecular formula is C20H25NO5. The molecule has 1 aromatic heterocycles. The van der Waals surface area contributed by atoms with Crippen molar-refractivity contribution in [2.45, 2.75) is 34.2 Å². The molecular weight excluding hydrogens is 334 g/mol. The molecule has 0 atom stereocenters. The molecule has 6 nitrogen and oxygen atoms in total. The summed E-state index contributed by atoms with van der Waals surface area (Å²) in [5, 5.41) is 0. The van der Waals surface area contributed by atoms with Crippen molar-refractivity contribution in [3.63, 3.8) is 0 Å². The number of ketones is 1. The van der Waals surface area contributed by atoms with Gasteiger partial charge in [-0.2, -0.15) is 0 Å². The fraction of sp³-hybridized carbons (Fsp3) is 0.400. The van der Waals surface area contributed by atoms with Gasteiger partial charge in [0.15, 0.2) is 18.1 Å². The Morgan fingerprint density at radius 3 is 2.31 bits per heavy atom. The third-order valence-electron chi connectivity index (χ3n) is 4.26. The maximum absolute atomic E-state index is 12.8. The summed E-state index contributed by atoms with van der Waals surface area (Å²) in [5.41, 5.74) is 2.29. The van der Waals surface area contributed by atoms with Crippen LogP contribution in [0.3, 0.4) is 0 Å². The lowest BCUT2D eigenvalue weighted by Crippen LogP contribution is -2.14. The first-order valence-corrected chi connectivity index (χ1v) is 8.61. The standard InChI is InChI=1S/C20H25NO5/c1-6-21-14(4)18(13(3)19(21)20(23)25-7-2)15(22)12-26-17-11-9-8-10-16(17)24-5/h8-11H,6-7,12H2,1-5H3. The molecule has 0 spiro atoms. The third-order valence-corrected chi connectivity index (χ3v) is 4.26. The fourth-order valence-electron chi connectivity index (χ4n) is 3.12. The Kier molecular flexibility index (Phi) is 6.44. The van der Waals surface area contributed by atoms with Crippen molar-refractivity contribution in [1.82, 2.24) is 4.57 Å². The zero-order chi connectivity index (χ0) is 19.3. The number of aromatic nitrogens is 1. The molecule has 1 heterocycles. The van der Waals surface area contributed by atoms with Gasteiger partial charge in [-0.15, -0.1) is 0 Å². The van der Waals surface area contributed by atoms with Crippen molar-refractivity contribution in [3.05, 3.63) is 46.8 Å². The molecule has 0 saturated carbocycles. The quantitative estimate of drug-likeness (QED) is 0.532. The van der Waals surface area contributed by atoms with Crippen molar-refractivity contribution in [1.29, 1.82) is 0 Å². The highest BCUT2D eigenvalue weighted by atomic mass is 16.5. The van der Waals surface area contributed by atoms with Crippen LogP contribution in [-0.4, -0.2) is 36.6 Å². The van der Waals surface area contributed by atoms with Gasteiger partial charge >= 0.3 is 5.97 Å². The smallest absolute Gasteiger partial charge is 0.355 e. The average Bonchev–Trinajstić information content (AvgIpc) is 2.89. The molecule has 0 saturated heterocycles.